The van der Waals surface area contributed by atoms with Crippen LogP contribution in [0.2, 0.25) is 0 Å². The summed E-state index contributed by atoms with van der Waals surface area (Å²) in [4.78, 5) is 20.6. The molecule has 0 aromatic rings. The maximum Gasteiger partial charge on any atom is 3.00 e. The fourth-order valence-electron chi connectivity index (χ4n) is 0.415. The molecular weight excluding hydrogens is 303 g/mol. The molecule has 0 spiro atoms. The Hall–Kier alpha value is -0.448. The van der Waals surface area contributed by atoms with E-state index in [-0.39, 0.29) is 29.6 Å². The minimum atomic E-state index is -0.440. The minimum absolute atomic E-state index is 0. The average Bonchev–Trinajstić information content (AvgIpc) is 2.12. The third-order valence-electron chi connectivity index (χ3n) is 0.699. The Bertz CT molecular complexity index is 208. The number of ether oxygens (including phenoxy) is 1. The van der Waals surface area contributed by atoms with Gasteiger partial charge in [0.2, 0.25) is 0 Å². The Morgan fingerprint density at radius 3 is 1.23 bits per heavy atom. The van der Waals surface area contributed by atoms with Gasteiger partial charge >= 0.3 is 23.3 Å². The minimum Gasteiger partial charge on any atom is -0.852 e. The normalized spacial score (nSPS) is 8.45. The molecule has 0 heterocycles. The van der Waals surface area contributed by atoms with Crippen molar-refractivity contribution < 1.29 is 29.6 Å². The molecule has 0 radical (unpaired) electrons. The van der Waals surface area contributed by atoms with Crippen LogP contribution in [0.4, 0.5) is 0 Å². The Morgan fingerprint density at radius 2 is 1.09 bits per heavy atom. The zero-order chi connectivity index (χ0) is 18.0. The molecule has 22 heavy (non-hydrogen) atoms. The van der Waals surface area contributed by atoms with Gasteiger partial charge in [0.25, 0.3) is 0 Å². The first-order valence-electron chi connectivity index (χ1n) is 6.99. The van der Waals surface area contributed by atoms with Gasteiger partial charge in [0, 0.05) is 0 Å². The van der Waals surface area contributed by atoms with E-state index in [1.165, 1.54) is 6.92 Å². The Balaban J connectivity index is -0.0000000632. The number of carbonyl (C=O) groups excluding carboxylic acids is 2. The van der Waals surface area contributed by atoms with Gasteiger partial charge in [-0.3, -0.25) is 9.59 Å². The first kappa shape index (κ1) is 33.2. The molecule has 0 saturated carbocycles. The van der Waals surface area contributed by atoms with E-state index in [2.05, 4.69) is 4.74 Å². The van der Waals surface area contributed by atoms with Crippen molar-refractivity contribution in [1.29, 1.82) is 0 Å². The quantitative estimate of drug-likeness (QED) is 0.387. The summed E-state index contributed by atoms with van der Waals surface area (Å²) in [6.45, 7) is 13.1. The number of hydrogen-bond donors (Lipinski definition) is 0. The van der Waals surface area contributed by atoms with E-state index >= 15 is 0 Å². The van der Waals surface area contributed by atoms with Crippen LogP contribution in [0.1, 0.15) is 61.8 Å². The summed E-state index contributed by atoms with van der Waals surface area (Å²) in [6.07, 6.45) is -1.35. The maximum atomic E-state index is 10.4. The van der Waals surface area contributed by atoms with Crippen molar-refractivity contribution in [3.63, 3.8) is 0 Å². The van der Waals surface area contributed by atoms with E-state index in [4.69, 9.17) is 0 Å². The van der Waals surface area contributed by atoms with Crippen LogP contribution in [0.25, 0.3) is 0 Å². The van der Waals surface area contributed by atoms with Crippen molar-refractivity contribution in [1.82, 2.24) is 0 Å². The van der Waals surface area contributed by atoms with E-state index in [1.54, 1.807) is 48.5 Å². The molecule has 0 aromatic heterocycles. The molecule has 0 rings (SSSR count). The van der Waals surface area contributed by atoms with Gasteiger partial charge in [0.15, 0.2) is 0 Å². The van der Waals surface area contributed by atoms with Gasteiger partial charge in [-0.15, -0.1) is 18.3 Å². The van der Waals surface area contributed by atoms with Crippen molar-refractivity contribution in [2.75, 3.05) is 6.61 Å². The number of rotatable bonds is 3. The third kappa shape index (κ3) is 157. The second-order valence-electron chi connectivity index (χ2n) is 4.83. The summed E-state index contributed by atoms with van der Waals surface area (Å²) in [7, 11) is 0. The fourth-order valence-corrected chi connectivity index (χ4v) is 0.415. The Labute approximate surface area is 146 Å². The Kier molecular flexibility index (Phi) is 38.5. The van der Waals surface area contributed by atoms with Gasteiger partial charge in [0.1, 0.15) is 12.2 Å². The predicted molar refractivity (Wildman–Crippen MR) is 83.1 cm³/mol. The molecule has 0 aliphatic heterocycles. The second-order valence-corrected chi connectivity index (χ2v) is 4.83. The van der Waals surface area contributed by atoms with Gasteiger partial charge in [-0.2, -0.15) is 0 Å². The van der Waals surface area contributed by atoms with Crippen molar-refractivity contribution in [3.8, 4) is 0 Å². The van der Waals surface area contributed by atoms with Crippen molar-refractivity contribution >= 4 is 29.1 Å². The molecule has 0 aliphatic carbocycles. The second kappa shape index (κ2) is 25.5. The SMILES string of the molecule is CC(C)[O-].CC(C)[O-].CC(C)[O-].CCOC(=O)CC(C)=O.[Al+3]. The molecule has 0 amide bonds. The molecule has 0 unspecified atom stereocenters. The third-order valence-corrected chi connectivity index (χ3v) is 0.699. The van der Waals surface area contributed by atoms with Crippen LogP contribution < -0.4 is 15.3 Å². The van der Waals surface area contributed by atoms with E-state index in [0.717, 1.165) is 0 Å². The predicted octanol–water partition coefficient (Wildman–Crippen LogP) is -0.587. The zero-order valence-electron chi connectivity index (χ0n) is 15.2. The van der Waals surface area contributed by atoms with Crippen LogP contribution in [0.15, 0.2) is 0 Å². The molecular formula is C15H31AlO6. The monoisotopic (exact) mass is 334 g/mol. The topological polar surface area (TPSA) is 113 Å². The summed E-state index contributed by atoms with van der Waals surface area (Å²) in [5, 5.41) is 28.6. The van der Waals surface area contributed by atoms with Crippen LogP contribution in [0, 0.1) is 0 Å². The summed E-state index contributed by atoms with van der Waals surface area (Å²) in [5.74, 6) is -0.599. The van der Waals surface area contributed by atoms with E-state index in [0.29, 0.717) is 6.61 Å². The fraction of sp³-hybridized carbons (Fsp3) is 0.867. The van der Waals surface area contributed by atoms with Crippen molar-refractivity contribution in [3.05, 3.63) is 0 Å². The molecule has 0 bridgehead atoms. The van der Waals surface area contributed by atoms with Gasteiger partial charge in [-0.05, 0) is 13.8 Å². The summed E-state index contributed by atoms with van der Waals surface area (Å²) >= 11 is 0. The van der Waals surface area contributed by atoms with E-state index in [1.807, 2.05) is 0 Å². The molecule has 7 heteroatoms. The summed E-state index contributed by atoms with van der Waals surface area (Å²) in [6, 6.07) is 0. The first-order chi connectivity index (χ1) is 9.36. The molecule has 0 saturated heterocycles. The molecule has 130 valence electrons. The number of ketones is 1. The average molecular weight is 334 g/mol. The van der Waals surface area contributed by atoms with E-state index < -0.39 is 24.3 Å². The van der Waals surface area contributed by atoms with Crippen LogP contribution in [0.3, 0.4) is 0 Å². The van der Waals surface area contributed by atoms with Crippen LogP contribution in [-0.2, 0) is 14.3 Å². The van der Waals surface area contributed by atoms with Crippen molar-refractivity contribution in [2.24, 2.45) is 0 Å². The van der Waals surface area contributed by atoms with Crippen LogP contribution >= 0.6 is 0 Å². The van der Waals surface area contributed by atoms with Crippen LogP contribution in [0.5, 0.6) is 0 Å². The molecule has 0 N–H and O–H groups in total. The molecule has 6 nitrogen and oxygen atoms in total. The number of esters is 1. The first-order valence-corrected chi connectivity index (χ1v) is 6.99. The Morgan fingerprint density at radius 1 is 0.864 bits per heavy atom. The number of Topliss-reactive ketones (excluding diaryl/α,β-unsaturated/α-hetero) is 1. The molecule has 0 aliphatic rings. The smallest absolute Gasteiger partial charge is 0.852 e. The van der Waals surface area contributed by atoms with Gasteiger partial charge in [-0.1, -0.05) is 41.5 Å². The number of carbonyl (C=O) groups is 2. The zero-order valence-corrected chi connectivity index (χ0v) is 16.3. The van der Waals surface area contributed by atoms with Gasteiger partial charge < -0.3 is 20.1 Å². The maximum absolute atomic E-state index is 10.4. The summed E-state index contributed by atoms with van der Waals surface area (Å²) in [5.41, 5.74) is 0. The van der Waals surface area contributed by atoms with Crippen LogP contribution in [-0.4, -0.2) is 54.0 Å². The largest absolute Gasteiger partial charge is 3.00 e. The number of hydrogen-bond acceptors (Lipinski definition) is 6. The molecule has 0 atom stereocenters. The van der Waals surface area contributed by atoms with Crippen molar-refractivity contribution in [2.45, 2.75) is 80.1 Å². The molecule has 0 fully saturated rings. The molecule has 0 aromatic carbocycles. The summed E-state index contributed by atoms with van der Waals surface area (Å²) < 4.78 is 4.49. The standard InChI is InChI=1S/C6H10O3.3C3H7O.Al/c1-3-9-6(8)4-5(2)7;3*1-3(2)4;/h3-4H2,1-2H3;3*3H,1-2H3;/q;3*-1;+3. The van der Waals surface area contributed by atoms with Gasteiger partial charge in [-0.25, -0.2) is 0 Å². The van der Waals surface area contributed by atoms with Gasteiger partial charge in [0.05, 0.1) is 6.61 Å². The van der Waals surface area contributed by atoms with E-state index in [9.17, 15) is 24.9 Å².